The third-order valence-electron chi connectivity index (χ3n) is 11.5. The van der Waals surface area contributed by atoms with Crippen LogP contribution in [0.1, 0.15) is 29.0 Å². The lowest BCUT2D eigenvalue weighted by Crippen LogP contribution is -2.45. The van der Waals surface area contributed by atoms with Crippen LogP contribution in [-0.4, -0.2) is 10.4 Å². The fraction of sp³-hybridized carbons (Fsp3) is 0.0392. The Morgan fingerprint density at radius 1 is 0.526 bits per heavy atom. The minimum Gasteiger partial charge on any atom is -0.456 e. The van der Waals surface area contributed by atoms with Gasteiger partial charge in [-0.2, -0.15) is 0 Å². The Morgan fingerprint density at radius 3 is 2.07 bits per heavy atom. The third kappa shape index (κ3) is 5.15. The second-order valence-corrected chi connectivity index (χ2v) is 15.8. The molecule has 0 spiro atoms. The molecule has 1 aliphatic heterocycles. The third-order valence-corrected chi connectivity index (χ3v) is 12.6. The molecule has 1 aliphatic rings. The Bertz CT molecular complexity index is 3320. The number of hydrogen-bond donors (Lipinski definition) is 2. The fourth-order valence-electron chi connectivity index (χ4n) is 8.92. The van der Waals surface area contributed by atoms with Crippen molar-refractivity contribution in [2.24, 2.45) is 4.99 Å². The van der Waals surface area contributed by atoms with E-state index in [-0.39, 0.29) is 12.3 Å². The Kier molecular flexibility index (Phi) is 7.24. The molecule has 0 bridgehead atoms. The number of nitrogens with one attached hydrogen (secondary N) is 2. The molecule has 3 aromatic heterocycles. The lowest BCUT2D eigenvalue weighted by molar-refractivity contribution is 0.411. The SMILES string of the molecule is c1ccc(C2=NC(c3ccccc3)NC(c3cccc4sc5ccc(-c6cccc7oc8ccc(-n9c%10ccccc%10c%10ccccc%109)cc8c67)cc5c34)N2)cc1. The normalized spacial score (nSPS) is 15.9. The number of amidine groups is 1. The molecule has 4 heterocycles. The van der Waals surface area contributed by atoms with Gasteiger partial charge in [-0.3, -0.25) is 5.32 Å². The molecule has 0 saturated carbocycles. The van der Waals surface area contributed by atoms with Crippen molar-refractivity contribution in [1.29, 1.82) is 0 Å². The van der Waals surface area contributed by atoms with Crippen LogP contribution in [0.5, 0.6) is 0 Å². The van der Waals surface area contributed by atoms with Crippen LogP contribution < -0.4 is 10.6 Å². The zero-order valence-electron chi connectivity index (χ0n) is 30.7. The van der Waals surface area contributed by atoms with Crippen LogP contribution in [0.4, 0.5) is 0 Å². The second-order valence-electron chi connectivity index (χ2n) is 14.8. The maximum absolute atomic E-state index is 6.56. The summed E-state index contributed by atoms with van der Waals surface area (Å²) in [4.78, 5) is 5.17. The Balaban J connectivity index is 1.02. The van der Waals surface area contributed by atoms with Crippen LogP contribution in [0.3, 0.4) is 0 Å². The Morgan fingerprint density at radius 2 is 1.26 bits per heavy atom. The van der Waals surface area contributed by atoms with Gasteiger partial charge in [-0.1, -0.05) is 127 Å². The van der Waals surface area contributed by atoms with Gasteiger partial charge in [0.1, 0.15) is 29.3 Å². The van der Waals surface area contributed by atoms with E-state index in [1.54, 1.807) is 0 Å². The smallest absolute Gasteiger partial charge is 0.136 e. The molecule has 0 saturated heterocycles. The minimum absolute atomic E-state index is 0.173. The van der Waals surface area contributed by atoms with Crippen LogP contribution in [0.15, 0.2) is 191 Å². The summed E-state index contributed by atoms with van der Waals surface area (Å²) in [5, 5.41) is 14.9. The van der Waals surface area contributed by atoms with Crippen molar-refractivity contribution in [2.45, 2.75) is 12.3 Å². The molecule has 2 unspecified atom stereocenters. The van der Waals surface area contributed by atoms with Gasteiger partial charge in [0.15, 0.2) is 0 Å². The summed E-state index contributed by atoms with van der Waals surface area (Å²) < 4.78 is 11.4. The van der Waals surface area contributed by atoms with Crippen molar-refractivity contribution in [3.8, 4) is 16.8 Å². The molecule has 2 atom stereocenters. The molecule has 6 heteroatoms. The first-order chi connectivity index (χ1) is 28.2. The summed E-state index contributed by atoms with van der Waals surface area (Å²) >= 11 is 1.84. The number of hydrogen-bond acceptors (Lipinski definition) is 5. The molecule has 2 N–H and O–H groups in total. The summed E-state index contributed by atoms with van der Waals surface area (Å²) in [6, 6.07) is 64.9. The summed E-state index contributed by atoms with van der Waals surface area (Å²) in [6.45, 7) is 0. The van der Waals surface area contributed by atoms with Crippen molar-refractivity contribution in [1.82, 2.24) is 15.2 Å². The maximum atomic E-state index is 6.56. The quantitative estimate of drug-likeness (QED) is 0.184. The van der Waals surface area contributed by atoms with Gasteiger partial charge < -0.3 is 14.3 Å². The molecule has 12 rings (SSSR count). The average molecular weight is 751 g/mol. The van der Waals surface area contributed by atoms with Crippen molar-refractivity contribution < 1.29 is 4.42 Å². The molecular weight excluding hydrogens is 717 g/mol. The highest BCUT2D eigenvalue weighted by Gasteiger charge is 2.27. The molecule has 0 aliphatic carbocycles. The van der Waals surface area contributed by atoms with E-state index in [0.29, 0.717) is 0 Å². The van der Waals surface area contributed by atoms with Gasteiger partial charge in [0.25, 0.3) is 0 Å². The molecular formula is C51H34N4OS. The summed E-state index contributed by atoms with van der Waals surface area (Å²) in [5.74, 6) is 0.879. The zero-order valence-corrected chi connectivity index (χ0v) is 31.5. The lowest BCUT2D eigenvalue weighted by atomic mass is 9.96. The van der Waals surface area contributed by atoms with Crippen molar-refractivity contribution >= 4 is 81.1 Å². The van der Waals surface area contributed by atoms with Crippen LogP contribution in [0, 0.1) is 0 Å². The van der Waals surface area contributed by atoms with Crippen LogP contribution in [0.2, 0.25) is 0 Å². The van der Waals surface area contributed by atoms with E-state index in [0.717, 1.165) is 55.7 Å². The highest BCUT2D eigenvalue weighted by atomic mass is 32.1. The van der Waals surface area contributed by atoms with E-state index < -0.39 is 0 Å². The second kappa shape index (κ2) is 12.8. The largest absolute Gasteiger partial charge is 0.456 e. The number of nitrogens with zero attached hydrogens (tertiary/aromatic N) is 2. The van der Waals surface area contributed by atoms with Gasteiger partial charge in [0.05, 0.1) is 11.0 Å². The maximum Gasteiger partial charge on any atom is 0.136 e. The number of thiophene rings is 1. The number of benzene rings is 8. The number of para-hydroxylation sites is 2. The van der Waals surface area contributed by atoms with Crippen LogP contribution >= 0.6 is 11.3 Å². The van der Waals surface area contributed by atoms with E-state index in [1.165, 1.54) is 47.5 Å². The van der Waals surface area contributed by atoms with Crippen molar-refractivity contribution in [3.05, 3.63) is 199 Å². The van der Waals surface area contributed by atoms with Gasteiger partial charge in [-0.25, -0.2) is 4.99 Å². The summed E-state index contributed by atoms with van der Waals surface area (Å²) in [7, 11) is 0. The molecule has 57 heavy (non-hydrogen) atoms. The van der Waals surface area contributed by atoms with Gasteiger partial charge in [-0.05, 0) is 76.9 Å². The fourth-order valence-corrected chi connectivity index (χ4v) is 10.0. The predicted molar refractivity (Wildman–Crippen MR) is 238 cm³/mol. The van der Waals surface area contributed by atoms with Crippen LogP contribution in [-0.2, 0) is 0 Å². The number of fused-ring (bicyclic) bond motifs is 9. The predicted octanol–water partition coefficient (Wildman–Crippen LogP) is 13.1. The molecule has 11 aromatic rings. The molecule has 0 fully saturated rings. The Labute approximate surface area is 332 Å². The number of furan rings is 1. The van der Waals surface area contributed by atoms with Gasteiger partial charge >= 0.3 is 0 Å². The molecule has 5 nitrogen and oxygen atoms in total. The Hall–Kier alpha value is -6.99. The average Bonchev–Trinajstić information content (AvgIpc) is 3.96. The topological polar surface area (TPSA) is 54.5 Å². The van der Waals surface area contributed by atoms with Crippen LogP contribution in [0.25, 0.3) is 80.7 Å². The van der Waals surface area contributed by atoms with Crippen molar-refractivity contribution in [3.63, 3.8) is 0 Å². The monoisotopic (exact) mass is 750 g/mol. The van der Waals surface area contributed by atoms with Crippen molar-refractivity contribution in [2.75, 3.05) is 0 Å². The number of aliphatic imine (C=N–C) groups is 1. The van der Waals surface area contributed by atoms with Gasteiger partial charge in [0.2, 0.25) is 0 Å². The molecule has 0 amide bonds. The van der Waals surface area contributed by atoms with E-state index in [4.69, 9.17) is 9.41 Å². The van der Waals surface area contributed by atoms with E-state index in [2.05, 4.69) is 191 Å². The highest BCUT2D eigenvalue weighted by Crippen LogP contribution is 2.44. The first-order valence-electron chi connectivity index (χ1n) is 19.4. The zero-order chi connectivity index (χ0) is 37.5. The molecule has 270 valence electrons. The number of rotatable bonds is 5. The summed E-state index contributed by atoms with van der Waals surface area (Å²) in [6.07, 6.45) is -0.378. The van der Waals surface area contributed by atoms with E-state index in [9.17, 15) is 0 Å². The van der Waals surface area contributed by atoms with E-state index in [1.807, 2.05) is 17.4 Å². The van der Waals surface area contributed by atoms with Gasteiger partial charge in [-0.15, -0.1) is 11.3 Å². The first-order valence-corrected chi connectivity index (χ1v) is 20.2. The highest BCUT2D eigenvalue weighted by molar-refractivity contribution is 7.25. The first kappa shape index (κ1) is 32.3. The molecule has 0 radical (unpaired) electrons. The molecule has 8 aromatic carbocycles. The van der Waals surface area contributed by atoms with Gasteiger partial charge in [0, 0.05) is 53.0 Å². The minimum atomic E-state index is -0.206. The standard InChI is InChI=1S/C51H34N4OS/c1-3-13-31(14-4-1)49-52-50(32-15-5-2-6-16-32)54-51(53-49)38-20-12-24-46-48(38)40-29-33(25-28-45(40)57-46)35-19-11-23-44-47(35)39-30-34(26-27-43(39)56-44)55-41-21-9-7-17-36(41)37-18-8-10-22-42(37)55/h1-30,49,51,53H,(H,52,54). The lowest BCUT2D eigenvalue weighted by Gasteiger charge is -2.32. The summed E-state index contributed by atoms with van der Waals surface area (Å²) in [5.41, 5.74) is 11.0. The number of aromatic nitrogens is 1. The van der Waals surface area contributed by atoms with E-state index >= 15 is 0 Å².